The number of allylic oxidation sites excluding steroid dienone is 2. The normalized spacial score (nSPS) is 26.2. The summed E-state index contributed by atoms with van der Waals surface area (Å²) in [6.07, 6.45) is 1.46. The highest BCUT2D eigenvalue weighted by atomic mass is 19.2. The van der Waals surface area contributed by atoms with Gasteiger partial charge >= 0.3 is 5.97 Å². The van der Waals surface area contributed by atoms with E-state index in [1.165, 1.54) is 0 Å². The second-order valence-corrected chi connectivity index (χ2v) is 7.58. The van der Waals surface area contributed by atoms with Gasteiger partial charge in [0.2, 0.25) is 0 Å². The number of fused-ring (bicyclic) bond motifs is 1. The molecule has 3 rings (SSSR count). The van der Waals surface area contributed by atoms with Crippen molar-refractivity contribution in [2.24, 2.45) is 11.3 Å². The maximum Gasteiger partial charge on any atom is 0.314 e. The number of ether oxygens (including phenoxy) is 2. The smallest absolute Gasteiger partial charge is 0.314 e. The first-order valence-electron chi connectivity index (χ1n) is 8.91. The third-order valence-corrected chi connectivity index (χ3v) is 5.28. The zero-order valence-corrected chi connectivity index (χ0v) is 15.3. The van der Waals surface area contributed by atoms with Gasteiger partial charge in [-0.15, -0.1) is 0 Å². The fourth-order valence-corrected chi connectivity index (χ4v) is 3.54. The zero-order valence-electron chi connectivity index (χ0n) is 15.3. The number of carbonyl (C=O) groups is 1. The first-order chi connectivity index (χ1) is 12.3. The molecule has 0 spiro atoms. The van der Waals surface area contributed by atoms with E-state index < -0.39 is 35.2 Å². The summed E-state index contributed by atoms with van der Waals surface area (Å²) in [5.41, 5.74) is 0.254. The van der Waals surface area contributed by atoms with Crippen LogP contribution >= 0.6 is 0 Å². The monoisotopic (exact) mass is 362 g/mol. The van der Waals surface area contributed by atoms with Gasteiger partial charge in [-0.1, -0.05) is 36.4 Å². The van der Waals surface area contributed by atoms with Gasteiger partial charge in [-0.25, -0.2) is 8.78 Å². The average Bonchev–Trinajstić information content (AvgIpc) is 2.64. The Labute approximate surface area is 152 Å². The number of esters is 1. The van der Waals surface area contributed by atoms with Crippen LogP contribution < -0.4 is 0 Å². The SMILES string of the molecule is CC1=CC2CCC(C(C)(C)C(=O)OCc3ccccc3)OC2C(F)=C1F. The Morgan fingerprint density at radius 1 is 1.23 bits per heavy atom. The van der Waals surface area contributed by atoms with Gasteiger partial charge in [0.05, 0.1) is 11.5 Å². The molecule has 1 aliphatic heterocycles. The van der Waals surface area contributed by atoms with E-state index in [0.717, 1.165) is 5.56 Å². The van der Waals surface area contributed by atoms with Crippen LogP contribution in [0.3, 0.4) is 0 Å². The largest absolute Gasteiger partial charge is 0.460 e. The summed E-state index contributed by atoms with van der Waals surface area (Å²) < 4.78 is 39.5. The minimum atomic E-state index is -0.960. The molecule has 2 aliphatic rings. The van der Waals surface area contributed by atoms with Crippen LogP contribution in [0.5, 0.6) is 0 Å². The molecule has 1 aliphatic carbocycles. The van der Waals surface area contributed by atoms with Gasteiger partial charge in [0, 0.05) is 5.92 Å². The van der Waals surface area contributed by atoms with Crippen molar-refractivity contribution in [1.82, 2.24) is 0 Å². The highest BCUT2D eigenvalue weighted by Gasteiger charge is 2.46. The van der Waals surface area contributed by atoms with Crippen LogP contribution in [-0.2, 0) is 20.9 Å². The molecule has 0 bridgehead atoms. The lowest BCUT2D eigenvalue weighted by Gasteiger charge is -2.42. The lowest BCUT2D eigenvalue weighted by Crippen LogP contribution is -2.47. The molecular formula is C21H24F2O3. The minimum absolute atomic E-state index is 0.173. The first kappa shape index (κ1) is 18.8. The topological polar surface area (TPSA) is 35.5 Å². The van der Waals surface area contributed by atoms with Gasteiger partial charge in [-0.3, -0.25) is 4.79 Å². The van der Waals surface area contributed by atoms with E-state index in [2.05, 4.69) is 0 Å². The molecule has 140 valence electrons. The molecule has 1 aromatic rings. The van der Waals surface area contributed by atoms with Crippen LogP contribution in [0.1, 0.15) is 39.2 Å². The second-order valence-electron chi connectivity index (χ2n) is 7.58. The fraction of sp³-hybridized carbons (Fsp3) is 0.476. The van der Waals surface area contributed by atoms with Crippen molar-refractivity contribution in [2.75, 3.05) is 0 Å². The highest BCUT2D eigenvalue weighted by molar-refractivity contribution is 5.76. The Hall–Kier alpha value is -2.01. The van der Waals surface area contributed by atoms with Crippen LogP contribution in [-0.4, -0.2) is 18.2 Å². The summed E-state index contributed by atoms with van der Waals surface area (Å²) in [4.78, 5) is 12.6. The molecule has 0 saturated carbocycles. The van der Waals surface area contributed by atoms with Gasteiger partial charge in [0.15, 0.2) is 11.7 Å². The van der Waals surface area contributed by atoms with Crippen LogP contribution in [0.4, 0.5) is 8.78 Å². The van der Waals surface area contributed by atoms with Gasteiger partial charge in [0.25, 0.3) is 0 Å². The fourth-order valence-electron chi connectivity index (χ4n) is 3.54. The van der Waals surface area contributed by atoms with Crippen LogP contribution in [0.25, 0.3) is 0 Å². The molecule has 0 N–H and O–H groups in total. The number of halogens is 2. The Balaban J connectivity index is 1.67. The van der Waals surface area contributed by atoms with Crippen molar-refractivity contribution in [3.8, 4) is 0 Å². The Bertz CT molecular complexity index is 737. The quantitative estimate of drug-likeness (QED) is 0.705. The van der Waals surface area contributed by atoms with Gasteiger partial charge in [-0.2, -0.15) is 0 Å². The maximum atomic E-state index is 14.3. The predicted octanol–water partition coefficient (Wildman–Crippen LogP) is 5.03. The van der Waals surface area contributed by atoms with Crippen molar-refractivity contribution in [2.45, 2.75) is 52.4 Å². The summed E-state index contributed by atoms with van der Waals surface area (Å²) in [5, 5.41) is 0. The average molecular weight is 362 g/mol. The van der Waals surface area contributed by atoms with Crippen molar-refractivity contribution >= 4 is 5.97 Å². The van der Waals surface area contributed by atoms with Gasteiger partial charge in [0.1, 0.15) is 12.7 Å². The van der Waals surface area contributed by atoms with Crippen LogP contribution in [0, 0.1) is 11.3 Å². The molecule has 0 radical (unpaired) electrons. The standard InChI is InChI=1S/C21H24F2O3/c1-13-11-15-9-10-16(26-19(15)18(23)17(13)22)21(2,3)20(24)25-12-14-7-5-4-6-8-14/h4-8,11,15-16,19H,9-10,12H2,1-3H3. The van der Waals surface area contributed by atoms with E-state index in [1.54, 1.807) is 26.8 Å². The highest BCUT2D eigenvalue weighted by Crippen LogP contribution is 2.43. The predicted molar refractivity (Wildman–Crippen MR) is 94.4 cm³/mol. The van der Waals surface area contributed by atoms with Crippen molar-refractivity contribution < 1.29 is 23.0 Å². The third kappa shape index (κ3) is 3.58. The Morgan fingerprint density at radius 3 is 2.62 bits per heavy atom. The van der Waals surface area contributed by atoms with Crippen molar-refractivity contribution in [3.63, 3.8) is 0 Å². The van der Waals surface area contributed by atoms with E-state index in [1.807, 2.05) is 30.3 Å². The maximum absolute atomic E-state index is 14.3. The summed E-state index contributed by atoms with van der Waals surface area (Å²) in [6.45, 7) is 5.19. The van der Waals surface area contributed by atoms with E-state index in [0.29, 0.717) is 18.4 Å². The summed E-state index contributed by atoms with van der Waals surface area (Å²) in [5.74, 6) is -2.32. The van der Waals surface area contributed by atoms with E-state index in [-0.39, 0.29) is 12.5 Å². The first-order valence-corrected chi connectivity index (χ1v) is 8.91. The van der Waals surface area contributed by atoms with E-state index in [9.17, 15) is 13.6 Å². The van der Waals surface area contributed by atoms with Crippen molar-refractivity contribution in [3.05, 3.63) is 59.2 Å². The van der Waals surface area contributed by atoms with Crippen molar-refractivity contribution in [1.29, 1.82) is 0 Å². The molecule has 1 aromatic carbocycles. The van der Waals surface area contributed by atoms with Crippen LogP contribution in [0.15, 0.2) is 53.6 Å². The number of carbonyl (C=O) groups excluding carboxylic acids is 1. The molecule has 0 amide bonds. The molecule has 26 heavy (non-hydrogen) atoms. The molecule has 1 heterocycles. The third-order valence-electron chi connectivity index (χ3n) is 5.28. The van der Waals surface area contributed by atoms with Gasteiger partial charge < -0.3 is 9.47 Å². The molecule has 5 heteroatoms. The Kier molecular flexibility index (Phi) is 5.28. The Morgan fingerprint density at radius 2 is 1.92 bits per heavy atom. The second kappa shape index (κ2) is 7.31. The molecular weight excluding hydrogens is 338 g/mol. The zero-order chi connectivity index (χ0) is 18.9. The van der Waals surface area contributed by atoms with E-state index in [4.69, 9.17) is 9.47 Å². The van der Waals surface area contributed by atoms with Gasteiger partial charge in [-0.05, 0) is 44.7 Å². The summed E-state index contributed by atoms with van der Waals surface area (Å²) in [7, 11) is 0. The molecule has 0 aromatic heterocycles. The van der Waals surface area contributed by atoms with E-state index >= 15 is 0 Å². The number of benzene rings is 1. The lowest BCUT2D eigenvalue weighted by atomic mass is 9.77. The number of hydrogen-bond donors (Lipinski definition) is 0. The summed E-state index contributed by atoms with van der Waals surface area (Å²) in [6, 6.07) is 9.40. The number of rotatable bonds is 4. The molecule has 3 atom stereocenters. The molecule has 1 saturated heterocycles. The molecule has 3 nitrogen and oxygen atoms in total. The summed E-state index contributed by atoms with van der Waals surface area (Å²) >= 11 is 0. The minimum Gasteiger partial charge on any atom is -0.460 e. The molecule has 1 fully saturated rings. The lowest BCUT2D eigenvalue weighted by molar-refractivity contribution is -0.174. The molecule has 3 unspecified atom stereocenters. The number of hydrogen-bond acceptors (Lipinski definition) is 3. The van der Waals surface area contributed by atoms with Crippen LogP contribution in [0.2, 0.25) is 0 Å².